The second-order valence-corrected chi connectivity index (χ2v) is 5.54. The number of benzene rings is 1. The third-order valence-electron chi connectivity index (χ3n) is 3.30. The van der Waals surface area contributed by atoms with Crippen molar-refractivity contribution in [1.29, 1.82) is 0 Å². The van der Waals surface area contributed by atoms with E-state index in [1.165, 1.54) is 4.88 Å². The number of H-pyrrole nitrogens is 1. The lowest BCUT2D eigenvalue weighted by Crippen LogP contribution is -2.08. The van der Waals surface area contributed by atoms with Crippen molar-refractivity contribution in [2.75, 3.05) is 0 Å². The van der Waals surface area contributed by atoms with E-state index in [1.807, 2.05) is 24.3 Å². The molecule has 19 heavy (non-hydrogen) atoms. The van der Waals surface area contributed by atoms with E-state index in [0.29, 0.717) is 0 Å². The van der Waals surface area contributed by atoms with Crippen LogP contribution in [0.2, 0.25) is 0 Å². The molecule has 5 heteroatoms. The molecule has 4 rings (SSSR count). The summed E-state index contributed by atoms with van der Waals surface area (Å²) in [5, 5.41) is 6.51. The molecule has 0 bridgehead atoms. The largest absolute Gasteiger partial charge is 0.337 e. The zero-order valence-electron chi connectivity index (χ0n) is 10.1. The van der Waals surface area contributed by atoms with Crippen LogP contribution >= 0.6 is 11.3 Å². The van der Waals surface area contributed by atoms with Crippen molar-refractivity contribution in [2.45, 2.75) is 12.5 Å². The van der Waals surface area contributed by atoms with Crippen LogP contribution in [0.1, 0.15) is 23.2 Å². The Hall–Kier alpha value is -2.14. The lowest BCUT2D eigenvalue weighted by Gasteiger charge is -2.05. The summed E-state index contributed by atoms with van der Waals surface area (Å²) in [6, 6.07) is 12.5. The molecule has 1 aliphatic heterocycles. The summed E-state index contributed by atoms with van der Waals surface area (Å²) in [7, 11) is 0. The summed E-state index contributed by atoms with van der Waals surface area (Å²) in [5.74, 6) is 0.868. The molecule has 0 amide bonds. The molecule has 3 heterocycles. The minimum atomic E-state index is 0.281. The summed E-state index contributed by atoms with van der Waals surface area (Å²) >= 11 is 1.76. The molecule has 0 aliphatic carbocycles. The van der Waals surface area contributed by atoms with Crippen LogP contribution in [0.5, 0.6) is 0 Å². The molecule has 1 aromatic carbocycles. The summed E-state index contributed by atoms with van der Waals surface area (Å²) < 4.78 is 0. The van der Waals surface area contributed by atoms with Gasteiger partial charge in [-0.2, -0.15) is 5.10 Å². The molecule has 2 N–H and O–H groups in total. The van der Waals surface area contributed by atoms with Gasteiger partial charge in [0.15, 0.2) is 5.82 Å². The Kier molecular flexibility index (Phi) is 2.38. The molecule has 0 spiro atoms. The van der Waals surface area contributed by atoms with Gasteiger partial charge in [-0.05, 0) is 23.6 Å². The van der Waals surface area contributed by atoms with Gasteiger partial charge in [0.2, 0.25) is 0 Å². The van der Waals surface area contributed by atoms with Gasteiger partial charge in [-0.1, -0.05) is 18.2 Å². The van der Waals surface area contributed by atoms with Crippen molar-refractivity contribution in [3.05, 3.63) is 52.5 Å². The highest BCUT2D eigenvalue weighted by atomic mass is 32.1. The van der Waals surface area contributed by atoms with Crippen LogP contribution in [0.25, 0.3) is 11.0 Å². The SMILES string of the molecule is c1csc(C2CC(c3nc4ccccc4[nH]3)=NN2)c1. The number of hydrogen-bond donors (Lipinski definition) is 2. The summed E-state index contributed by atoms with van der Waals surface area (Å²) in [5.41, 5.74) is 6.23. The second kappa shape index (κ2) is 4.20. The van der Waals surface area contributed by atoms with Crippen LogP contribution in [0, 0.1) is 0 Å². The Labute approximate surface area is 114 Å². The first kappa shape index (κ1) is 10.8. The van der Waals surface area contributed by atoms with Gasteiger partial charge >= 0.3 is 0 Å². The van der Waals surface area contributed by atoms with E-state index in [1.54, 1.807) is 11.3 Å². The van der Waals surface area contributed by atoms with Gasteiger partial charge in [0.1, 0.15) is 5.71 Å². The van der Waals surface area contributed by atoms with E-state index in [9.17, 15) is 0 Å². The molecule has 0 fully saturated rings. The Morgan fingerprint density at radius 1 is 1.16 bits per heavy atom. The fraction of sp³-hybridized carbons (Fsp3) is 0.143. The number of aromatic nitrogens is 2. The van der Waals surface area contributed by atoms with Crippen molar-refractivity contribution in [3.8, 4) is 0 Å². The number of nitrogens with zero attached hydrogens (tertiary/aromatic N) is 2. The number of para-hydroxylation sites is 2. The van der Waals surface area contributed by atoms with Crippen LogP contribution in [0.3, 0.4) is 0 Å². The topological polar surface area (TPSA) is 53.1 Å². The first-order valence-electron chi connectivity index (χ1n) is 6.21. The monoisotopic (exact) mass is 268 g/mol. The molecule has 0 radical (unpaired) electrons. The molecular weight excluding hydrogens is 256 g/mol. The Morgan fingerprint density at radius 2 is 2.11 bits per heavy atom. The predicted molar refractivity (Wildman–Crippen MR) is 77.4 cm³/mol. The van der Waals surface area contributed by atoms with Gasteiger partial charge < -0.3 is 10.4 Å². The van der Waals surface area contributed by atoms with E-state index in [0.717, 1.165) is 29.0 Å². The third-order valence-corrected chi connectivity index (χ3v) is 4.29. The van der Waals surface area contributed by atoms with Crippen molar-refractivity contribution in [1.82, 2.24) is 15.4 Å². The Morgan fingerprint density at radius 3 is 2.95 bits per heavy atom. The van der Waals surface area contributed by atoms with Gasteiger partial charge in [-0.15, -0.1) is 11.3 Å². The maximum Gasteiger partial charge on any atom is 0.154 e. The molecule has 94 valence electrons. The number of rotatable bonds is 2. The number of hydrazone groups is 1. The van der Waals surface area contributed by atoms with Gasteiger partial charge in [0.05, 0.1) is 17.1 Å². The standard InChI is InChI=1S/C14H12N4S/c1-2-5-10-9(4-1)15-14(16-10)12-8-11(17-18-12)13-6-3-7-19-13/h1-7,11,17H,8H2,(H,15,16). The van der Waals surface area contributed by atoms with E-state index < -0.39 is 0 Å². The van der Waals surface area contributed by atoms with Crippen LogP contribution in [0.4, 0.5) is 0 Å². The third kappa shape index (κ3) is 1.82. The minimum Gasteiger partial charge on any atom is -0.337 e. The number of aromatic amines is 1. The fourth-order valence-corrected chi connectivity index (χ4v) is 3.11. The van der Waals surface area contributed by atoms with E-state index in [2.05, 4.69) is 38.0 Å². The quantitative estimate of drug-likeness (QED) is 0.750. The molecule has 1 atom stereocenters. The number of nitrogens with one attached hydrogen (secondary N) is 2. The van der Waals surface area contributed by atoms with Crippen molar-refractivity contribution >= 4 is 28.1 Å². The minimum absolute atomic E-state index is 0.281. The Balaban J connectivity index is 1.63. The molecule has 0 saturated carbocycles. The van der Waals surface area contributed by atoms with E-state index in [4.69, 9.17) is 0 Å². The highest BCUT2D eigenvalue weighted by Gasteiger charge is 2.23. The maximum atomic E-state index is 4.59. The molecule has 2 aromatic heterocycles. The van der Waals surface area contributed by atoms with E-state index >= 15 is 0 Å². The number of hydrogen-bond acceptors (Lipinski definition) is 4. The zero-order chi connectivity index (χ0) is 12.7. The second-order valence-electron chi connectivity index (χ2n) is 4.56. The van der Waals surface area contributed by atoms with Crippen LogP contribution in [-0.4, -0.2) is 15.7 Å². The lowest BCUT2D eigenvalue weighted by molar-refractivity contribution is 0.630. The van der Waals surface area contributed by atoms with Crippen molar-refractivity contribution in [3.63, 3.8) is 0 Å². The molecule has 0 saturated heterocycles. The maximum absolute atomic E-state index is 4.59. The number of fused-ring (bicyclic) bond motifs is 1. The molecular formula is C14H12N4S. The summed E-state index contributed by atoms with van der Waals surface area (Å²) in [4.78, 5) is 9.23. The first-order valence-corrected chi connectivity index (χ1v) is 7.09. The zero-order valence-corrected chi connectivity index (χ0v) is 10.9. The highest BCUT2D eigenvalue weighted by molar-refractivity contribution is 7.10. The molecule has 1 unspecified atom stereocenters. The van der Waals surface area contributed by atoms with Gasteiger partial charge in [-0.25, -0.2) is 4.98 Å². The smallest absolute Gasteiger partial charge is 0.154 e. The van der Waals surface area contributed by atoms with Gasteiger partial charge in [-0.3, -0.25) is 0 Å². The summed E-state index contributed by atoms with van der Waals surface area (Å²) in [6.07, 6.45) is 0.875. The normalized spacial score (nSPS) is 18.5. The fourth-order valence-electron chi connectivity index (χ4n) is 2.33. The Bertz CT molecular complexity index is 709. The number of imidazole rings is 1. The average molecular weight is 268 g/mol. The lowest BCUT2D eigenvalue weighted by atomic mass is 10.1. The van der Waals surface area contributed by atoms with E-state index in [-0.39, 0.29) is 6.04 Å². The highest BCUT2D eigenvalue weighted by Crippen LogP contribution is 2.27. The summed E-state index contributed by atoms with van der Waals surface area (Å²) in [6.45, 7) is 0. The van der Waals surface area contributed by atoms with Gasteiger partial charge in [0.25, 0.3) is 0 Å². The average Bonchev–Trinajstić information content (AvgIpc) is 3.17. The van der Waals surface area contributed by atoms with Crippen LogP contribution in [-0.2, 0) is 0 Å². The number of thiophene rings is 1. The first-order chi connectivity index (χ1) is 9.40. The van der Waals surface area contributed by atoms with Gasteiger partial charge in [0, 0.05) is 11.3 Å². The predicted octanol–water partition coefficient (Wildman–Crippen LogP) is 3.06. The van der Waals surface area contributed by atoms with Crippen LogP contribution in [0.15, 0.2) is 46.9 Å². The van der Waals surface area contributed by atoms with Crippen molar-refractivity contribution < 1.29 is 0 Å². The van der Waals surface area contributed by atoms with Crippen LogP contribution < -0.4 is 5.43 Å². The molecule has 3 aromatic rings. The van der Waals surface area contributed by atoms with Crippen molar-refractivity contribution in [2.24, 2.45) is 5.10 Å². The molecule has 1 aliphatic rings. The molecule has 4 nitrogen and oxygen atoms in total.